The fourth-order valence-electron chi connectivity index (χ4n) is 2.32. The van der Waals surface area contributed by atoms with E-state index in [4.69, 9.17) is 10.5 Å². The molecule has 30 heavy (non-hydrogen) atoms. The Morgan fingerprint density at radius 3 is 2.30 bits per heavy atom. The molecule has 1 aromatic carbocycles. The SMILES string of the molecule is CN=C(CNC(=O)C(N)C(C)C)Nc1ccc(COC(=O)N(C)CCN(C)C)cc1. The Balaban J connectivity index is 2.49. The van der Waals surface area contributed by atoms with E-state index < -0.39 is 6.04 Å². The topological polar surface area (TPSA) is 112 Å². The lowest BCUT2D eigenvalue weighted by atomic mass is 10.1. The van der Waals surface area contributed by atoms with Crippen molar-refractivity contribution >= 4 is 23.5 Å². The number of nitrogens with one attached hydrogen (secondary N) is 2. The lowest BCUT2D eigenvalue weighted by Crippen LogP contribution is -2.46. The third-order valence-electron chi connectivity index (χ3n) is 4.52. The highest BCUT2D eigenvalue weighted by Crippen LogP contribution is 2.11. The van der Waals surface area contributed by atoms with Crippen molar-refractivity contribution < 1.29 is 14.3 Å². The van der Waals surface area contributed by atoms with Gasteiger partial charge < -0.3 is 30.9 Å². The number of likely N-dealkylation sites (N-methyl/N-ethyl adjacent to an activating group) is 2. The van der Waals surface area contributed by atoms with Crippen molar-refractivity contribution in [1.29, 1.82) is 0 Å². The molecule has 9 nitrogen and oxygen atoms in total. The van der Waals surface area contributed by atoms with Crippen molar-refractivity contribution in [3.05, 3.63) is 29.8 Å². The summed E-state index contributed by atoms with van der Waals surface area (Å²) in [4.78, 5) is 31.7. The molecule has 0 fully saturated rings. The molecule has 1 aromatic rings. The second kappa shape index (κ2) is 12.8. The van der Waals surface area contributed by atoms with Gasteiger partial charge in [-0.2, -0.15) is 0 Å². The summed E-state index contributed by atoms with van der Waals surface area (Å²) < 4.78 is 5.34. The van der Waals surface area contributed by atoms with E-state index in [0.717, 1.165) is 17.8 Å². The number of carbonyl (C=O) groups is 2. The summed E-state index contributed by atoms with van der Waals surface area (Å²) >= 11 is 0. The summed E-state index contributed by atoms with van der Waals surface area (Å²) in [5, 5.41) is 5.95. The lowest BCUT2D eigenvalue weighted by molar-refractivity contribution is -0.122. The quantitative estimate of drug-likeness (QED) is 0.389. The molecule has 0 aliphatic rings. The van der Waals surface area contributed by atoms with Crippen molar-refractivity contribution in [2.45, 2.75) is 26.5 Å². The van der Waals surface area contributed by atoms with Crippen LogP contribution in [0.3, 0.4) is 0 Å². The maximum Gasteiger partial charge on any atom is 0.409 e. The highest BCUT2D eigenvalue weighted by molar-refractivity contribution is 5.99. The van der Waals surface area contributed by atoms with Crippen LogP contribution in [0.25, 0.3) is 0 Å². The molecule has 0 aliphatic heterocycles. The van der Waals surface area contributed by atoms with E-state index in [1.807, 2.05) is 57.1 Å². The molecule has 1 rings (SSSR count). The van der Waals surface area contributed by atoms with Crippen molar-refractivity contribution in [2.75, 3.05) is 53.1 Å². The molecule has 0 aliphatic carbocycles. The van der Waals surface area contributed by atoms with E-state index in [-0.39, 0.29) is 31.1 Å². The Kier molecular flexibility index (Phi) is 10.8. The average Bonchev–Trinajstić information content (AvgIpc) is 2.72. The zero-order valence-electron chi connectivity index (χ0n) is 18.9. The first kappa shape index (κ1) is 25.4. The standard InChI is InChI=1S/C21H36N6O3/c1-15(2)19(22)20(28)24-13-18(23-3)25-17-9-7-16(8-10-17)14-30-21(29)27(6)12-11-26(4)5/h7-10,15,19H,11-14,22H2,1-6H3,(H,23,25)(H,24,28). The second-order valence-corrected chi connectivity index (χ2v) is 7.76. The molecule has 1 unspecified atom stereocenters. The number of nitrogens with zero attached hydrogens (tertiary/aromatic N) is 3. The van der Waals surface area contributed by atoms with Crippen LogP contribution in [-0.2, 0) is 16.1 Å². The zero-order valence-corrected chi connectivity index (χ0v) is 18.9. The monoisotopic (exact) mass is 420 g/mol. The van der Waals surface area contributed by atoms with Crippen molar-refractivity contribution in [3.63, 3.8) is 0 Å². The number of amidine groups is 1. The fourth-order valence-corrected chi connectivity index (χ4v) is 2.32. The molecule has 0 aromatic heterocycles. The third kappa shape index (κ3) is 9.23. The Bertz CT molecular complexity index is 703. The largest absolute Gasteiger partial charge is 0.445 e. The van der Waals surface area contributed by atoms with E-state index in [1.165, 1.54) is 0 Å². The number of nitrogens with two attached hydrogens (primary N) is 1. The molecule has 9 heteroatoms. The summed E-state index contributed by atoms with van der Waals surface area (Å²) in [5.74, 6) is 0.469. The van der Waals surface area contributed by atoms with Crippen LogP contribution >= 0.6 is 0 Å². The first-order valence-electron chi connectivity index (χ1n) is 10.0. The van der Waals surface area contributed by atoms with E-state index >= 15 is 0 Å². The predicted molar refractivity (Wildman–Crippen MR) is 121 cm³/mol. The molecule has 0 bridgehead atoms. The molecule has 0 radical (unpaired) electrons. The Labute approximate surface area is 179 Å². The van der Waals surface area contributed by atoms with Crippen LogP contribution in [0.2, 0.25) is 0 Å². The van der Waals surface area contributed by atoms with E-state index in [2.05, 4.69) is 15.6 Å². The average molecular weight is 421 g/mol. The minimum atomic E-state index is -0.549. The van der Waals surface area contributed by atoms with Crippen LogP contribution in [-0.4, -0.2) is 81.5 Å². The molecule has 2 amide bonds. The molecule has 4 N–H and O–H groups in total. The van der Waals surface area contributed by atoms with Gasteiger partial charge in [-0.15, -0.1) is 0 Å². The highest BCUT2D eigenvalue weighted by Gasteiger charge is 2.17. The van der Waals surface area contributed by atoms with Crippen LogP contribution < -0.4 is 16.4 Å². The zero-order chi connectivity index (χ0) is 22.7. The number of ether oxygens (including phenoxy) is 1. The molecule has 0 spiro atoms. The van der Waals surface area contributed by atoms with Gasteiger partial charge in [0.25, 0.3) is 0 Å². The van der Waals surface area contributed by atoms with Crippen LogP contribution in [0, 0.1) is 5.92 Å². The number of hydrogen-bond donors (Lipinski definition) is 3. The summed E-state index contributed by atoms with van der Waals surface area (Å²) in [6, 6.07) is 6.93. The number of carbonyl (C=O) groups excluding carboxylic acids is 2. The van der Waals surface area contributed by atoms with Gasteiger partial charge in [0.15, 0.2) is 0 Å². The third-order valence-corrected chi connectivity index (χ3v) is 4.52. The van der Waals surface area contributed by atoms with Gasteiger partial charge >= 0.3 is 6.09 Å². The van der Waals surface area contributed by atoms with Gasteiger partial charge in [-0.3, -0.25) is 9.79 Å². The van der Waals surface area contributed by atoms with Crippen LogP contribution in [0.1, 0.15) is 19.4 Å². The van der Waals surface area contributed by atoms with Gasteiger partial charge in [-0.25, -0.2) is 4.79 Å². The van der Waals surface area contributed by atoms with Crippen LogP contribution in [0.15, 0.2) is 29.3 Å². The number of hydrogen-bond acceptors (Lipinski definition) is 6. The first-order valence-corrected chi connectivity index (χ1v) is 10.0. The summed E-state index contributed by atoms with van der Waals surface area (Å²) in [6.45, 7) is 5.64. The van der Waals surface area contributed by atoms with Gasteiger partial charge in [-0.05, 0) is 37.7 Å². The minimum Gasteiger partial charge on any atom is -0.445 e. The van der Waals surface area contributed by atoms with Gasteiger partial charge in [0.05, 0.1) is 12.6 Å². The Hall–Kier alpha value is -2.65. The minimum absolute atomic E-state index is 0.0643. The molecule has 1 atom stereocenters. The first-order chi connectivity index (χ1) is 14.1. The lowest BCUT2D eigenvalue weighted by Gasteiger charge is -2.19. The highest BCUT2D eigenvalue weighted by atomic mass is 16.6. The summed E-state index contributed by atoms with van der Waals surface area (Å²) in [7, 11) is 7.28. The van der Waals surface area contributed by atoms with E-state index in [1.54, 1.807) is 19.0 Å². The van der Waals surface area contributed by atoms with Crippen LogP contribution in [0.5, 0.6) is 0 Å². The molecule has 0 saturated carbocycles. The predicted octanol–water partition coefficient (Wildman–Crippen LogP) is 1.36. The second-order valence-electron chi connectivity index (χ2n) is 7.76. The van der Waals surface area contributed by atoms with Gasteiger partial charge in [0.1, 0.15) is 12.4 Å². The molecule has 0 heterocycles. The molecular formula is C21H36N6O3. The summed E-state index contributed by atoms with van der Waals surface area (Å²) in [5.41, 5.74) is 7.53. The number of aliphatic imine (C=N–C) groups is 1. The number of anilines is 1. The van der Waals surface area contributed by atoms with Gasteiger partial charge in [0.2, 0.25) is 5.91 Å². The fraction of sp³-hybridized carbons (Fsp3) is 0.571. The van der Waals surface area contributed by atoms with Crippen molar-refractivity contribution in [3.8, 4) is 0 Å². The van der Waals surface area contributed by atoms with Crippen molar-refractivity contribution in [1.82, 2.24) is 15.1 Å². The normalized spacial score (nSPS) is 12.6. The number of rotatable bonds is 10. The van der Waals surface area contributed by atoms with Crippen LogP contribution in [0.4, 0.5) is 10.5 Å². The number of amides is 2. The van der Waals surface area contributed by atoms with E-state index in [0.29, 0.717) is 12.4 Å². The summed E-state index contributed by atoms with van der Waals surface area (Å²) in [6.07, 6.45) is -0.352. The van der Waals surface area contributed by atoms with E-state index in [9.17, 15) is 9.59 Å². The maximum absolute atomic E-state index is 12.0. The molecular weight excluding hydrogens is 384 g/mol. The molecule has 168 valence electrons. The van der Waals surface area contributed by atoms with Crippen molar-refractivity contribution in [2.24, 2.45) is 16.6 Å². The molecule has 0 saturated heterocycles. The number of benzene rings is 1. The van der Waals surface area contributed by atoms with Gasteiger partial charge in [0, 0.05) is 32.9 Å². The van der Waals surface area contributed by atoms with Gasteiger partial charge in [-0.1, -0.05) is 26.0 Å². The Morgan fingerprint density at radius 1 is 1.13 bits per heavy atom. The Morgan fingerprint density at radius 2 is 1.77 bits per heavy atom. The smallest absolute Gasteiger partial charge is 0.409 e. The maximum atomic E-state index is 12.0.